The van der Waals surface area contributed by atoms with E-state index >= 15 is 0 Å². The van der Waals surface area contributed by atoms with Crippen LogP contribution in [0, 0.1) is 11.2 Å². The molecule has 0 fully saturated rings. The van der Waals surface area contributed by atoms with E-state index in [4.69, 9.17) is 0 Å². The molecule has 1 amide bonds. The first kappa shape index (κ1) is 18.5. The minimum atomic E-state index is -2.85. The van der Waals surface area contributed by atoms with E-state index in [1.54, 1.807) is 0 Å². The van der Waals surface area contributed by atoms with Gasteiger partial charge in [0.25, 0.3) is 12.3 Å². The fraction of sp³-hybridized carbons (Fsp3) is 0.474. The van der Waals surface area contributed by atoms with Crippen molar-refractivity contribution in [2.45, 2.75) is 46.0 Å². The molecule has 1 aromatic carbocycles. The third-order valence-electron chi connectivity index (χ3n) is 5.75. The highest BCUT2D eigenvalue weighted by atomic mass is 19.3. The van der Waals surface area contributed by atoms with Crippen LogP contribution < -0.4 is 5.32 Å². The van der Waals surface area contributed by atoms with Crippen molar-refractivity contribution in [2.75, 3.05) is 5.32 Å². The van der Waals surface area contributed by atoms with Crippen molar-refractivity contribution in [3.63, 3.8) is 0 Å². The van der Waals surface area contributed by atoms with Crippen LogP contribution in [0.1, 0.15) is 61.3 Å². The zero-order valence-electron chi connectivity index (χ0n) is 15.5. The Morgan fingerprint density at radius 3 is 2.54 bits per heavy atom. The molecule has 3 rings (SSSR count). The molecule has 0 radical (unpaired) electrons. The summed E-state index contributed by atoms with van der Waals surface area (Å²) in [6.07, 6.45) is -1.01. The van der Waals surface area contributed by atoms with E-state index < -0.39 is 23.4 Å². The van der Waals surface area contributed by atoms with Crippen LogP contribution in [0.25, 0.3) is 0 Å². The Bertz CT molecular complexity index is 884. The zero-order chi connectivity index (χ0) is 19.4. The van der Waals surface area contributed by atoms with Gasteiger partial charge in [-0.05, 0) is 40.5 Å². The van der Waals surface area contributed by atoms with Crippen LogP contribution in [-0.2, 0) is 18.9 Å². The smallest absolute Gasteiger partial charge is 0.282 e. The second kappa shape index (κ2) is 5.86. The molecule has 0 saturated heterocycles. The fourth-order valence-corrected chi connectivity index (χ4v) is 3.63. The number of alkyl halides is 2. The van der Waals surface area contributed by atoms with E-state index in [0.717, 1.165) is 5.56 Å². The van der Waals surface area contributed by atoms with E-state index in [1.165, 1.54) is 30.1 Å². The molecular weight excluding hydrogens is 343 g/mol. The predicted octanol–water partition coefficient (Wildman–Crippen LogP) is 4.61. The number of nitrogens with one attached hydrogen (secondary N) is 1. The second-order valence-electron chi connectivity index (χ2n) is 7.99. The molecule has 4 nitrogen and oxygen atoms in total. The predicted molar refractivity (Wildman–Crippen MR) is 93.0 cm³/mol. The minimum Gasteiger partial charge on any atom is -0.322 e. The maximum absolute atomic E-state index is 14.5. The standard InChI is InChI=1S/C19H22F3N3O/c1-18(2)8-10-13(7-6-12(20)14(10)19(18,3)4)23-17(26)11-9-25(5)24-15(11)16(21)22/h6-7,9,16H,8H2,1-5H3,(H,23,26). The van der Waals surface area contributed by atoms with Crippen LogP contribution in [0.2, 0.25) is 0 Å². The topological polar surface area (TPSA) is 46.9 Å². The average Bonchev–Trinajstić information content (AvgIpc) is 2.99. The monoisotopic (exact) mass is 365 g/mol. The number of nitrogens with zero attached hydrogens (tertiary/aromatic N) is 2. The van der Waals surface area contributed by atoms with E-state index in [1.807, 2.05) is 27.7 Å². The van der Waals surface area contributed by atoms with Crippen LogP contribution in [0.3, 0.4) is 0 Å². The first-order valence-electron chi connectivity index (χ1n) is 8.40. The molecule has 0 saturated carbocycles. The number of carbonyl (C=O) groups is 1. The summed E-state index contributed by atoms with van der Waals surface area (Å²) in [4.78, 5) is 12.6. The Morgan fingerprint density at radius 2 is 1.92 bits per heavy atom. The molecule has 2 aromatic rings. The summed E-state index contributed by atoms with van der Waals surface area (Å²) < 4.78 is 41.9. The van der Waals surface area contributed by atoms with Crippen molar-refractivity contribution in [2.24, 2.45) is 12.5 Å². The number of aromatic nitrogens is 2. The average molecular weight is 365 g/mol. The molecule has 140 valence electrons. The summed E-state index contributed by atoms with van der Waals surface area (Å²) in [6, 6.07) is 2.80. The van der Waals surface area contributed by atoms with Gasteiger partial charge in [-0.15, -0.1) is 0 Å². The molecule has 0 aliphatic heterocycles. The molecule has 7 heteroatoms. The molecule has 1 heterocycles. The molecule has 0 bridgehead atoms. The van der Waals surface area contributed by atoms with E-state index in [0.29, 0.717) is 17.7 Å². The number of anilines is 1. The van der Waals surface area contributed by atoms with Gasteiger partial charge in [0.05, 0.1) is 5.56 Å². The molecule has 1 aromatic heterocycles. The van der Waals surface area contributed by atoms with Crippen LogP contribution in [0.5, 0.6) is 0 Å². The highest BCUT2D eigenvalue weighted by Crippen LogP contribution is 2.53. The largest absolute Gasteiger partial charge is 0.322 e. The Balaban J connectivity index is 2.02. The third kappa shape index (κ3) is 2.70. The Hall–Kier alpha value is -2.31. The van der Waals surface area contributed by atoms with Crippen molar-refractivity contribution >= 4 is 11.6 Å². The number of halogens is 3. The summed E-state index contributed by atoms with van der Waals surface area (Å²) in [7, 11) is 1.48. The van der Waals surface area contributed by atoms with Gasteiger partial charge in [-0.1, -0.05) is 27.7 Å². The maximum atomic E-state index is 14.5. The summed E-state index contributed by atoms with van der Waals surface area (Å²) >= 11 is 0. The van der Waals surface area contributed by atoms with Crippen LogP contribution in [0.4, 0.5) is 18.9 Å². The number of aryl methyl sites for hydroxylation is 1. The minimum absolute atomic E-state index is 0.183. The maximum Gasteiger partial charge on any atom is 0.282 e. The number of hydrogen-bond acceptors (Lipinski definition) is 2. The van der Waals surface area contributed by atoms with Crippen LogP contribution >= 0.6 is 0 Å². The second-order valence-corrected chi connectivity index (χ2v) is 7.99. The molecule has 26 heavy (non-hydrogen) atoms. The van der Waals surface area contributed by atoms with E-state index in [9.17, 15) is 18.0 Å². The molecular formula is C19H22F3N3O. The molecule has 0 atom stereocenters. The van der Waals surface area contributed by atoms with Gasteiger partial charge in [0.1, 0.15) is 11.5 Å². The number of hydrogen-bond donors (Lipinski definition) is 1. The summed E-state index contributed by atoms with van der Waals surface area (Å²) in [5, 5.41) is 6.33. The first-order valence-corrected chi connectivity index (χ1v) is 8.40. The lowest BCUT2D eigenvalue weighted by Gasteiger charge is -2.35. The van der Waals surface area contributed by atoms with Crippen molar-refractivity contribution in [1.82, 2.24) is 9.78 Å². The highest BCUT2D eigenvalue weighted by Gasteiger charge is 2.48. The lowest BCUT2D eigenvalue weighted by atomic mass is 9.68. The van der Waals surface area contributed by atoms with Crippen LogP contribution in [0.15, 0.2) is 18.3 Å². The Labute approximate surface area is 150 Å². The van der Waals surface area contributed by atoms with Gasteiger partial charge in [-0.2, -0.15) is 5.10 Å². The molecule has 0 spiro atoms. The Kier molecular flexibility index (Phi) is 4.16. The van der Waals surface area contributed by atoms with Gasteiger partial charge in [-0.3, -0.25) is 9.48 Å². The van der Waals surface area contributed by atoms with Crippen LogP contribution in [-0.4, -0.2) is 15.7 Å². The molecule has 1 aliphatic rings. The number of fused-ring (bicyclic) bond motifs is 1. The number of amides is 1. The lowest BCUT2D eigenvalue weighted by molar-refractivity contribution is 0.101. The number of rotatable bonds is 3. The van der Waals surface area contributed by atoms with Crippen molar-refractivity contribution in [1.29, 1.82) is 0 Å². The molecule has 0 unspecified atom stereocenters. The molecule has 1 N–H and O–H groups in total. The summed E-state index contributed by atoms with van der Waals surface area (Å²) in [5.74, 6) is -0.993. The Morgan fingerprint density at radius 1 is 1.27 bits per heavy atom. The van der Waals surface area contributed by atoms with Gasteiger partial charge in [0, 0.05) is 18.9 Å². The lowest BCUT2D eigenvalue weighted by Crippen LogP contribution is -2.32. The number of benzene rings is 1. The van der Waals surface area contributed by atoms with Gasteiger partial charge >= 0.3 is 0 Å². The third-order valence-corrected chi connectivity index (χ3v) is 5.75. The molecule has 1 aliphatic carbocycles. The fourth-order valence-electron chi connectivity index (χ4n) is 3.63. The normalized spacial score (nSPS) is 17.4. The highest BCUT2D eigenvalue weighted by molar-refractivity contribution is 6.05. The zero-order valence-corrected chi connectivity index (χ0v) is 15.5. The summed E-state index contributed by atoms with van der Waals surface area (Å²) in [5.41, 5.74) is 0.363. The van der Waals surface area contributed by atoms with E-state index in [-0.39, 0.29) is 16.8 Å². The SMILES string of the molecule is Cn1cc(C(=O)Nc2ccc(F)c3c2CC(C)(C)C3(C)C)c(C(F)F)n1. The quantitative estimate of drug-likeness (QED) is 0.863. The van der Waals surface area contributed by atoms with Gasteiger partial charge in [-0.25, -0.2) is 13.2 Å². The number of carbonyl (C=O) groups excluding carboxylic acids is 1. The van der Waals surface area contributed by atoms with Crippen molar-refractivity contribution in [3.05, 3.63) is 46.5 Å². The van der Waals surface area contributed by atoms with E-state index in [2.05, 4.69) is 10.4 Å². The van der Waals surface area contributed by atoms with Gasteiger partial charge in [0.2, 0.25) is 0 Å². The van der Waals surface area contributed by atoms with Crippen molar-refractivity contribution in [3.8, 4) is 0 Å². The summed E-state index contributed by atoms with van der Waals surface area (Å²) in [6.45, 7) is 8.05. The van der Waals surface area contributed by atoms with Gasteiger partial charge < -0.3 is 5.32 Å². The first-order chi connectivity index (χ1) is 12.0. The van der Waals surface area contributed by atoms with Crippen molar-refractivity contribution < 1.29 is 18.0 Å². The van der Waals surface area contributed by atoms with Gasteiger partial charge in [0.15, 0.2) is 0 Å².